The van der Waals surface area contributed by atoms with Crippen molar-refractivity contribution in [1.82, 2.24) is 24.1 Å². The highest BCUT2D eigenvalue weighted by atomic mass is 32.1. The normalized spacial score (nSPS) is 17.9. The van der Waals surface area contributed by atoms with Crippen LogP contribution in [-0.4, -0.2) is 30.6 Å². The minimum atomic E-state index is -0.00868. The van der Waals surface area contributed by atoms with Crippen LogP contribution >= 0.6 is 11.3 Å². The van der Waals surface area contributed by atoms with Crippen molar-refractivity contribution in [3.8, 4) is 0 Å². The molecule has 1 fully saturated rings. The van der Waals surface area contributed by atoms with E-state index in [1.165, 1.54) is 34.4 Å². The summed E-state index contributed by atoms with van der Waals surface area (Å²) in [7, 11) is 1.77. The maximum Gasteiger partial charge on any atom is 0.272 e. The van der Waals surface area contributed by atoms with Crippen LogP contribution in [0.2, 0.25) is 0 Å². The van der Waals surface area contributed by atoms with Gasteiger partial charge in [-0.25, -0.2) is 0 Å². The fourth-order valence-electron chi connectivity index (χ4n) is 4.30. The molecule has 6 nitrogen and oxygen atoms in total. The minimum Gasteiger partial charge on any atom is -0.289 e. The van der Waals surface area contributed by atoms with Crippen LogP contribution in [0.4, 0.5) is 0 Å². The molecule has 0 aliphatic carbocycles. The summed E-state index contributed by atoms with van der Waals surface area (Å²) < 4.78 is 4.39. The van der Waals surface area contributed by atoms with Crippen LogP contribution in [0.1, 0.15) is 41.4 Å². The van der Waals surface area contributed by atoms with Crippen LogP contribution in [0, 0.1) is 13.8 Å². The predicted octanol–water partition coefficient (Wildman–Crippen LogP) is 3.60. The molecular formula is C21H23N5OS. The second-order valence-corrected chi connectivity index (χ2v) is 8.64. The second kappa shape index (κ2) is 6.53. The van der Waals surface area contributed by atoms with Crippen LogP contribution in [0.5, 0.6) is 0 Å². The number of hydrogen-bond donors (Lipinski definition) is 0. The Balaban J connectivity index is 1.56. The van der Waals surface area contributed by atoms with E-state index in [9.17, 15) is 4.79 Å². The first kappa shape index (κ1) is 17.6. The van der Waals surface area contributed by atoms with Crippen molar-refractivity contribution in [3.05, 3.63) is 62.5 Å². The SMILES string of the molecule is Cc1ccc(C2CCCN2Cc2nnc3n(C)c(=O)c4sccc4n23)cc1C. The van der Waals surface area contributed by atoms with Gasteiger partial charge in [0.1, 0.15) is 4.70 Å². The van der Waals surface area contributed by atoms with Gasteiger partial charge in [0.05, 0.1) is 12.1 Å². The molecule has 5 rings (SSSR count). The maximum atomic E-state index is 12.5. The number of thiophene rings is 1. The predicted molar refractivity (Wildman–Crippen MR) is 112 cm³/mol. The lowest BCUT2D eigenvalue weighted by Crippen LogP contribution is -2.25. The van der Waals surface area contributed by atoms with E-state index >= 15 is 0 Å². The first-order valence-corrected chi connectivity index (χ1v) is 10.5. The zero-order valence-corrected chi connectivity index (χ0v) is 17.2. The molecule has 28 heavy (non-hydrogen) atoms. The Bertz CT molecular complexity index is 1250. The minimum absolute atomic E-state index is 0.00868. The van der Waals surface area contributed by atoms with Crippen LogP contribution in [-0.2, 0) is 13.6 Å². The zero-order chi connectivity index (χ0) is 19.4. The number of fused-ring (bicyclic) bond motifs is 3. The molecule has 1 aliphatic rings. The van der Waals surface area contributed by atoms with E-state index in [0.717, 1.165) is 35.6 Å². The number of benzene rings is 1. The first-order valence-electron chi connectivity index (χ1n) is 9.66. The third-order valence-electron chi connectivity index (χ3n) is 6.02. The van der Waals surface area contributed by atoms with Crippen LogP contribution in [0.25, 0.3) is 16.0 Å². The number of rotatable bonds is 3. The quantitative estimate of drug-likeness (QED) is 0.534. The summed E-state index contributed by atoms with van der Waals surface area (Å²) >= 11 is 1.47. The molecule has 1 aliphatic heterocycles. The van der Waals surface area contributed by atoms with Gasteiger partial charge >= 0.3 is 0 Å². The van der Waals surface area contributed by atoms with Crippen molar-refractivity contribution in [1.29, 1.82) is 0 Å². The molecule has 3 aromatic heterocycles. The van der Waals surface area contributed by atoms with E-state index in [1.54, 1.807) is 11.6 Å². The van der Waals surface area contributed by atoms with Crippen molar-refractivity contribution < 1.29 is 0 Å². The molecule has 1 aromatic carbocycles. The summed E-state index contributed by atoms with van der Waals surface area (Å²) in [4.78, 5) is 15.0. The standard InChI is InChI=1S/C21H23N5OS/c1-13-6-7-15(11-14(13)2)16-5-4-9-25(16)12-18-22-23-21-24(3)20(27)19-17(26(18)21)8-10-28-19/h6-8,10-11,16H,4-5,9,12H2,1-3H3. The molecule has 1 atom stereocenters. The van der Waals surface area contributed by atoms with Crippen molar-refractivity contribution in [2.45, 2.75) is 39.3 Å². The van der Waals surface area contributed by atoms with E-state index in [2.05, 4.69) is 47.1 Å². The summed E-state index contributed by atoms with van der Waals surface area (Å²) in [5.41, 5.74) is 4.95. The topological polar surface area (TPSA) is 55.4 Å². The van der Waals surface area contributed by atoms with Gasteiger partial charge in [0.2, 0.25) is 5.78 Å². The molecule has 4 aromatic rings. The Morgan fingerprint density at radius 1 is 1.18 bits per heavy atom. The number of hydrogen-bond acceptors (Lipinski definition) is 5. The van der Waals surface area contributed by atoms with Gasteiger partial charge in [-0.2, -0.15) is 0 Å². The van der Waals surface area contributed by atoms with Gasteiger partial charge in [-0.1, -0.05) is 18.2 Å². The van der Waals surface area contributed by atoms with E-state index in [0.29, 0.717) is 11.8 Å². The Morgan fingerprint density at radius 3 is 2.86 bits per heavy atom. The van der Waals surface area contributed by atoms with Crippen molar-refractivity contribution in [2.24, 2.45) is 7.05 Å². The monoisotopic (exact) mass is 393 g/mol. The number of aryl methyl sites for hydroxylation is 3. The summed E-state index contributed by atoms with van der Waals surface area (Å²) in [5.74, 6) is 1.50. The number of nitrogens with zero attached hydrogens (tertiary/aromatic N) is 5. The van der Waals surface area contributed by atoms with Crippen LogP contribution in [0.15, 0.2) is 34.4 Å². The molecule has 0 radical (unpaired) electrons. The lowest BCUT2D eigenvalue weighted by Gasteiger charge is -2.24. The van der Waals surface area contributed by atoms with Crippen LogP contribution in [0.3, 0.4) is 0 Å². The summed E-state index contributed by atoms with van der Waals surface area (Å²) in [6.45, 7) is 6.11. The average Bonchev–Trinajstić information content (AvgIpc) is 3.41. The Morgan fingerprint density at radius 2 is 2.04 bits per heavy atom. The molecule has 0 bridgehead atoms. The zero-order valence-electron chi connectivity index (χ0n) is 16.3. The summed E-state index contributed by atoms with van der Waals surface area (Å²) in [6, 6.07) is 9.19. The number of aromatic nitrogens is 4. The Kier molecular flexibility index (Phi) is 4.10. The summed E-state index contributed by atoms with van der Waals surface area (Å²) in [5, 5.41) is 10.8. The van der Waals surface area contributed by atoms with Gasteiger partial charge in [0.15, 0.2) is 5.82 Å². The van der Waals surface area contributed by atoms with Crippen molar-refractivity contribution in [3.63, 3.8) is 0 Å². The summed E-state index contributed by atoms with van der Waals surface area (Å²) in [6.07, 6.45) is 2.34. The highest BCUT2D eigenvalue weighted by Gasteiger charge is 2.28. The smallest absolute Gasteiger partial charge is 0.272 e. The van der Waals surface area contributed by atoms with Gasteiger partial charge in [-0.15, -0.1) is 21.5 Å². The second-order valence-electron chi connectivity index (χ2n) is 7.72. The molecule has 1 saturated heterocycles. The Labute approximate surface area is 167 Å². The fourth-order valence-corrected chi connectivity index (χ4v) is 5.15. The van der Waals surface area contributed by atoms with Gasteiger partial charge in [-0.3, -0.25) is 18.7 Å². The van der Waals surface area contributed by atoms with E-state index in [1.807, 2.05) is 15.8 Å². The highest BCUT2D eigenvalue weighted by Crippen LogP contribution is 2.34. The van der Waals surface area contributed by atoms with E-state index < -0.39 is 0 Å². The van der Waals surface area contributed by atoms with Crippen molar-refractivity contribution >= 4 is 27.3 Å². The third kappa shape index (κ3) is 2.61. The van der Waals surface area contributed by atoms with E-state index in [4.69, 9.17) is 0 Å². The molecule has 7 heteroatoms. The average molecular weight is 394 g/mol. The molecule has 0 spiro atoms. The largest absolute Gasteiger partial charge is 0.289 e. The lowest BCUT2D eigenvalue weighted by molar-refractivity contribution is 0.241. The first-order chi connectivity index (χ1) is 13.5. The van der Waals surface area contributed by atoms with Gasteiger partial charge in [0.25, 0.3) is 5.56 Å². The Hall–Kier alpha value is -2.51. The van der Waals surface area contributed by atoms with E-state index in [-0.39, 0.29) is 5.56 Å². The lowest BCUT2D eigenvalue weighted by atomic mass is 9.99. The van der Waals surface area contributed by atoms with Gasteiger partial charge in [0, 0.05) is 13.1 Å². The molecule has 144 valence electrons. The molecule has 1 unspecified atom stereocenters. The van der Waals surface area contributed by atoms with Gasteiger partial charge in [-0.05, 0) is 61.4 Å². The number of likely N-dealkylation sites (tertiary alicyclic amines) is 1. The molecule has 4 heterocycles. The molecule has 0 saturated carbocycles. The van der Waals surface area contributed by atoms with Gasteiger partial charge < -0.3 is 0 Å². The molecular weight excluding hydrogens is 370 g/mol. The fraction of sp³-hybridized carbons (Fsp3) is 0.381. The third-order valence-corrected chi connectivity index (χ3v) is 6.91. The van der Waals surface area contributed by atoms with Crippen molar-refractivity contribution in [2.75, 3.05) is 6.54 Å². The highest BCUT2D eigenvalue weighted by molar-refractivity contribution is 7.17. The van der Waals surface area contributed by atoms with Crippen LogP contribution < -0.4 is 5.56 Å². The molecule has 0 amide bonds. The maximum absolute atomic E-state index is 12.5. The molecule has 0 N–H and O–H groups in total.